The number of rotatable bonds is 3. The summed E-state index contributed by atoms with van der Waals surface area (Å²) < 4.78 is 5.36. The van der Waals surface area contributed by atoms with Crippen LogP contribution < -0.4 is 10.2 Å². The normalized spacial score (nSPS) is 22.1. The Morgan fingerprint density at radius 2 is 2.24 bits per heavy atom. The van der Waals surface area contributed by atoms with E-state index in [0.29, 0.717) is 5.69 Å². The fourth-order valence-corrected chi connectivity index (χ4v) is 2.74. The van der Waals surface area contributed by atoms with Gasteiger partial charge in [-0.3, -0.25) is 9.78 Å². The molecule has 2 aliphatic rings. The highest BCUT2D eigenvalue weighted by Gasteiger charge is 2.16. The molecule has 112 valence electrons. The number of ether oxygens (including phenoxy) is 1. The molecule has 0 saturated carbocycles. The highest BCUT2D eigenvalue weighted by molar-refractivity contribution is 5.93. The number of allylic oxidation sites excluding steroid dienone is 1. The minimum Gasteiger partial charge on any atom is -0.378 e. The summed E-state index contributed by atoms with van der Waals surface area (Å²) in [5, 5.41) is 3.03. The maximum Gasteiger partial charge on any atom is 0.270 e. The van der Waals surface area contributed by atoms with Gasteiger partial charge in [-0.25, -0.2) is 0 Å². The molecular weight excluding hydrogens is 266 g/mol. The van der Waals surface area contributed by atoms with Crippen molar-refractivity contribution in [1.82, 2.24) is 10.3 Å². The van der Waals surface area contributed by atoms with Gasteiger partial charge in [0.2, 0.25) is 0 Å². The summed E-state index contributed by atoms with van der Waals surface area (Å²) >= 11 is 0. The molecule has 1 aromatic heterocycles. The topological polar surface area (TPSA) is 54.5 Å². The van der Waals surface area contributed by atoms with Crippen LogP contribution in [-0.4, -0.2) is 43.2 Å². The van der Waals surface area contributed by atoms with Gasteiger partial charge in [-0.15, -0.1) is 0 Å². The molecule has 1 amide bonds. The van der Waals surface area contributed by atoms with Crippen LogP contribution in [0.5, 0.6) is 0 Å². The fraction of sp³-hybridized carbons (Fsp3) is 0.500. The zero-order chi connectivity index (χ0) is 14.5. The first-order valence-electron chi connectivity index (χ1n) is 7.59. The van der Waals surface area contributed by atoms with E-state index >= 15 is 0 Å². The zero-order valence-corrected chi connectivity index (χ0v) is 12.1. The van der Waals surface area contributed by atoms with E-state index in [1.807, 2.05) is 12.1 Å². The number of pyridine rings is 1. The van der Waals surface area contributed by atoms with E-state index in [-0.39, 0.29) is 11.9 Å². The summed E-state index contributed by atoms with van der Waals surface area (Å²) in [5.74, 6) is -0.0957. The third-order valence-electron chi connectivity index (χ3n) is 3.92. The van der Waals surface area contributed by atoms with Gasteiger partial charge in [-0.05, 0) is 31.4 Å². The molecule has 5 nitrogen and oxygen atoms in total. The summed E-state index contributed by atoms with van der Waals surface area (Å²) in [5.41, 5.74) is 1.52. The van der Waals surface area contributed by atoms with Crippen molar-refractivity contribution in [3.05, 3.63) is 36.2 Å². The Bertz CT molecular complexity index is 524. The van der Waals surface area contributed by atoms with E-state index in [2.05, 4.69) is 27.4 Å². The predicted octanol–water partition coefficient (Wildman–Crippen LogP) is 1.76. The molecule has 21 heavy (non-hydrogen) atoms. The second-order valence-corrected chi connectivity index (χ2v) is 5.44. The molecule has 0 radical (unpaired) electrons. The summed E-state index contributed by atoms with van der Waals surface area (Å²) in [7, 11) is 0. The molecule has 3 rings (SSSR count). The number of carbonyl (C=O) groups excluding carboxylic acids is 1. The SMILES string of the molecule is O=C(N[C@H]1C=CCCC1)c1cc(N2CCOCC2)ccn1. The number of aromatic nitrogens is 1. The number of nitrogens with one attached hydrogen (secondary N) is 1. The molecule has 1 aliphatic heterocycles. The molecule has 1 N–H and O–H groups in total. The van der Waals surface area contributed by atoms with E-state index in [1.165, 1.54) is 0 Å². The van der Waals surface area contributed by atoms with Crippen LogP contribution in [0.15, 0.2) is 30.5 Å². The summed E-state index contributed by atoms with van der Waals surface area (Å²) in [6.45, 7) is 3.18. The van der Waals surface area contributed by atoms with Gasteiger partial charge in [0, 0.05) is 31.0 Å². The Balaban J connectivity index is 1.68. The van der Waals surface area contributed by atoms with Crippen molar-refractivity contribution in [2.45, 2.75) is 25.3 Å². The van der Waals surface area contributed by atoms with Crippen LogP contribution in [0, 0.1) is 0 Å². The molecule has 0 bridgehead atoms. The largest absolute Gasteiger partial charge is 0.378 e. The number of amides is 1. The van der Waals surface area contributed by atoms with Gasteiger partial charge in [-0.1, -0.05) is 12.2 Å². The third kappa shape index (κ3) is 3.61. The van der Waals surface area contributed by atoms with Crippen LogP contribution in [-0.2, 0) is 4.74 Å². The maximum absolute atomic E-state index is 12.3. The van der Waals surface area contributed by atoms with E-state index < -0.39 is 0 Å². The Morgan fingerprint density at radius 3 is 3.00 bits per heavy atom. The van der Waals surface area contributed by atoms with Crippen molar-refractivity contribution in [1.29, 1.82) is 0 Å². The number of morpholine rings is 1. The standard InChI is InChI=1S/C16H21N3O2/c20-16(18-13-4-2-1-3-5-13)15-12-14(6-7-17-15)19-8-10-21-11-9-19/h2,4,6-7,12-13H,1,3,5,8-11H2,(H,18,20)/t13-/m0/s1. The number of hydrogen-bond donors (Lipinski definition) is 1. The van der Waals surface area contributed by atoms with E-state index in [1.54, 1.807) is 6.20 Å². The maximum atomic E-state index is 12.3. The highest BCUT2D eigenvalue weighted by atomic mass is 16.5. The average molecular weight is 287 g/mol. The van der Waals surface area contributed by atoms with Crippen molar-refractivity contribution in [3.8, 4) is 0 Å². The lowest BCUT2D eigenvalue weighted by atomic mass is 10.0. The second kappa shape index (κ2) is 6.72. The van der Waals surface area contributed by atoms with Crippen molar-refractivity contribution < 1.29 is 9.53 Å². The molecule has 0 spiro atoms. The van der Waals surface area contributed by atoms with Crippen molar-refractivity contribution in [2.75, 3.05) is 31.2 Å². The molecule has 0 unspecified atom stereocenters. The summed E-state index contributed by atoms with van der Waals surface area (Å²) in [6, 6.07) is 3.95. The van der Waals surface area contributed by atoms with E-state index in [9.17, 15) is 4.79 Å². The van der Waals surface area contributed by atoms with Crippen LogP contribution in [0.1, 0.15) is 29.8 Å². The van der Waals surface area contributed by atoms with Gasteiger partial charge >= 0.3 is 0 Å². The van der Waals surface area contributed by atoms with Gasteiger partial charge in [0.05, 0.1) is 13.2 Å². The molecule has 1 fully saturated rings. The van der Waals surface area contributed by atoms with Gasteiger partial charge < -0.3 is 15.0 Å². The molecule has 0 aromatic carbocycles. The van der Waals surface area contributed by atoms with Gasteiger partial charge in [-0.2, -0.15) is 0 Å². The molecule has 1 aromatic rings. The lowest BCUT2D eigenvalue weighted by molar-refractivity contribution is 0.0937. The number of anilines is 1. The first kappa shape index (κ1) is 14.1. The first-order valence-corrected chi connectivity index (χ1v) is 7.59. The molecule has 2 heterocycles. The Hall–Kier alpha value is -1.88. The number of carbonyl (C=O) groups is 1. The molecule has 1 aliphatic carbocycles. The molecule has 1 atom stereocenters. The van der Waals surface area contributed by atoms with Crippen LogP contribution in [0.25, 0.3) is 0 Å². The minimum absolute atomic E-state index is 0.0957. The third-order valence-corrected chi connectivity index (χ3v) is 3.92. The predicted molar refractivity (Wildman–Crippen MR) is 81.5 cm³/mol. The Morgan fingerprint density at radius 1 is 1.38 bits per heavy atom. The van der Waals surface area contributed by atoms with Gasteiger partial charge in [0.25, 0.3) is 5.91 Å². The number of hydrogen-bond acceptors (Lipinski definition) is 4. The van der Waals surface area contributed by atoms with Crippen LogP contribution in [0.4, 0.5) is 5.69 Å². The van der Waals surface area contributed by atoms with Crippen molar-refractivity contribution in [3.63, 3.8) is 0 Å². The minimum atomic E-state index is -0.0957. The smallest absolute Gasteiger partial charge is 0.270 e. The summed E-state index contributed by atoms with van der Waals surface area (Å²) in [6.07, 6.45) is 9.15. The van der Waals surface area contributed by atoms with E-state index in [0.717, 1.165) is 51.3 Å². The summed E-state index contributed by atoms with van der Waals surface area (Å²) in [4.78, 5) is 18.7. The molecular formula is C16H21N3O2. The lowest BCUT2D eigenvalue weighted by Crippen LogP contribution is -2.37. The van der Waals surface area contributed by atoms with Crippen LogP contribution in [0.3, 0.4) is 0 Å². The lowest BCUT2D eigenvalue weighted by Gasteiger charge is -2.29. The van der Waals surface area contributed by atoms with Crippen LogP contribution >= 0.6 is 0 Å². The van der Waals surface area contributed by atoms with Gasteiger partial charge in [0.1, 0.15) is 5.69 Å². The molecule has 1 saturated heterocycles. The van der Waals surface area contributed by atoms with Crippen LogP contribution in [0.2, 0.25) is 0 Å². The Kier molecular flexibility index (Phi) is 4.50. The monoisotopic (exact) mass is 287 g/mol. The second-order valence-electron chi connectivity index (χ2n) is 5.44. The quantitative estimate of drug-likeness (QED) is 0.861. The average Bonchev–Trinajstić information content (AvgIpc) is 2.57. The highest BCUT2D eigenvalue weighted by Crippen LogP contribution is 2.17. The van der Waals surface area contributed by atoms with Crippen molar-refractivity contribution in [2.24, 2.45) is 0 Å². The van der Waals surface area contributed by atoms with E-state index in [4.69, 9.17) is 4.74 Å². The first-order chi connectivity index (χ1) is 10.3. The molecule has 5 heteroatoms. The Labute approximate surface area is 125 Å². The zero-order valence-electron chi connectivity index (χ0n) is 12.1. The van der Waals surface area contributed by atoms with Gasteiger partial charge in [0.15, 0.2) is 0 Å². The number of nitrogens with zero attached hydrogens (tertiary/aromatic N) is 2. The van der Waals surface area contributed by atoms with Crippen molar-refractivity contribution >= 4 is 11.6 Å². The fourth-order valence-electron chi connectivity index (χ4n) is 2.74.